The lowest BCUT2D eigenvalue weighted by atomic mass is 10.0. The van der Waals surface area contributed by atoms with Crippen LogP contribution >= 0.6 is 31.9 Å². The topological polar surface area (TPSA) is 44.3 Å². The van der Waals surface area contributed by atoms with Crippen molar-refractivity contribution >= 4 is 31.9 Å². The summed E-state index contributed by atoms with van der Waals surface area (Å²) in [6.07, 6.45) is 0. The largest absolute Gasteiger partial charge is 0.508 e. The minimum absolute atomic E-state index is 0.168. The van der Waals surface area contributed by atoms with E-state index in [4.69, 9.17) is 0 Å². The molecule has 0 amide bonds. The second kappa shape index (κ2) is 4.82. The van der Waals surface area contributed by atoms with Crippen molar-refractivity contribution in [3.63, 3.8) is 0 Å². The number of hydrogen-bond donors (Lipinski definition) is 3. The van der Waals surface area contributed by atoms with Crippen LogP contribution in [0.5, 0.6) is 5.75 Å². The van der Waals surface area contributed by atoms with E-state index in [1.165, 1.54) is 0 Å². The maximum atomic E-state index is 9.90. The number of aromatic hydroxyl groups is 1. The molecule has 3 nitrogen and oxygen atoms in total. The van der Waals surface area contributed by atoms with Crippen molar-refractivity contribution in [3.8, 4) is 5.75 Å². The molecular formula is C10H12Br2N2O. The van der Waals surface area contributed by atoms with Gasteiger partial charge >= 0.3 is 0 Å². The normalized spacial score (nSPS) is 21.6. The first-order chi connectivity index (χ1) is 7.18. The van der Waals surface area contributed by atoms with Crippen molar-refractivity contribution in [2.75, 3.05) is 19.6 Å². The molecule has 15 heavy (non-hydrogen) atoms. The van der Waals surface area contributed by atoms with Crippen LogP contribution in [0.4, 0.5) is 0 Å². The van der Waals surface area contributed by atoms with Crippen molar-refractivity contribution in [3.05, 3.63) is 26.6 Å². The number of phenols is 1. The van der Waals surface area contributed by atoms with Crippen LogP contribution in [0.25, 0.3) is 0 Å². The summed E-state index contributed by atoms with van der Waals surface area (Å²) < 4.78 is 1.80. The van der Waals surface area contributed by atoms with Gasteiger partial charge in [0, 0.05) is 40.2 Å². The van der Waals surface area contributed by atoms with Gasteiger partial charge in [0.15, 0.2) is 0 Å². The summed E-state index contributed by atoms with van der Waals surface area (Å²) >= 11 is 6.82. The third kappa shape index (κ3) is 2.53. The Hall–Kier alpha value is -0.100. The quantitative estimate of drug-likeness (QED) is 0.737. The SMILES string of the molecule is Oc1cc(Br)cc(Br)c1[C@@H]1CNCCN1. The number of phenolic OH excluding ortho intramolecular Hbond substituents is 1. The van der Waals surface area contributed by atoms with Crippen molar-refractivity contribution in [1.82, 2.24) is 10.6 Å². The Morgan fingerprint density at radius 2 is 2.07 bits per heavy atom. The van der Waals surface area contributed by atoms with Crippen molar-refractivity contribution in [2.45, 2.75) is 6.04 Å². The lowest BCUT2D eigenvalue weighted by Gasteiger charge is -2.26. The Morgan fingerprint density at radius 3 is 2.67 bits per heavy atom. The van der Waals surface area contributed by atoms with Crippen LogP contribution in [0, 0.1) is 0 Å². The lowest BCUT2D eigenvalue weighted by molar-refractivity contribution is 0.403. The molecule has 0 spiro atoms. The van der Waals surface area contributed by atoms with Gasteiger partial charge in [0.05, 0.1) is 0 Å². The average molecular weight is 336 g/mol. The van der Waals surface area contributed by atoms with E-state index in [0.29, 0.717) is 5.75 Å². The first kappa shape index (κ1) is 11.4. The number of halogens is 2. The molecule has 0 bridgehead atoms. The van der Waals surface area contributed by atoms with Crippen molar-refractivity contribution < 1.29 is 5.11 Å². The van der Waals surface area contributed by atoms with E-state index in [9.17, 15) is 5.11 Å². The summed E-state index contributed by atoms with van der Waals surface area (Å²) in [5.41, 5.74) is 0.922. The Labute approximate surface area is 106 Å². The van der Waals surface area contributed by atoms with Crippen LogP contribution in [0.2, 0.25) is 0 Å². The fourth-order valence-electron chi connectivity index (χ4n) is 1.77. The van der Waals surface area contributed by atoms with Crippen molar-refractivity contribution in [1.29, 1.82) is 0 Å². The molecule has 1 fully saturated rings. The highest BCUT2D eigenvalue weighted by Gasteiger charge is 2.20. The van der Waals surface area contributed by atoms with Gasteiger partial charge in [-0.25, -0.2) is 0 Å². The Morgan fingerprint density at radius 1 is 1.27 bits per heavy atom. The monoisotopic (exact) mass is 334 g/mol. The smallest absolute Gasteiger partial charge is 0.122 e. The second-order valence-electron chi connectivity index (χ2n) is 3.53. The van der Waals surface area contributed by atoms with Gasteiger partial charge in [-0.05, 0) is 12.1 Å². The molecular weight excluding hydrogens is 324 g/mol. The molecule has 1 aromatic rings. The molecule has 5 heteroatoms. The number of rotatable bonds is 1. The fraction of sp³-hybridized carbons (Fsp3) is 0.400. The minimum Gasteiger partial charge on any atom is -0.508 e. The molecule has 0 unspecified atom stereocenters. The molecule has 2 rings (SSSR count). The van der Waals surface area contributed by atoms with Gasteiger partial charge in [-0.15, -0.1) is 0 Å². The first-order valence-electron chi connectivity index (χ1n) is 4.80. The summed E-state index contributed by atoms with van der Waals surface area (Å²) in [6.45, 7) is 2.74. The molecule has 1 heterocycles. The van der Waals surface area contributed by atoms with E-state index < -0.39 is 0 Å². The summed E-state index contributed by atoms with van der Waals surface area (Å²) in [4.78, 5) is 0. The summed E-state index contributed by atoms with van der Waals surface area (Å²) in [5, 5.41) is 16.6. The van der Waals surface area contributed by atoms with Crippen LogP contribution in [0.15, 0.2) is 21.1 Å². The Bertz CT molecular complexity index is 341. The van der Waals surface area contributed by atoms with Gasteiger partial charge in [-0.1, -0.05) is 31.9 Å². The molecule has 1 saturated heterocycles. The highest BCUT2D eigenvalue weighted by atomic mass is 79.9. The predicted octanol–water partition coefficient (Wildman–Crippen LogP) is 2.15. The van der Waals surface area contributed by atoms with E-state index in [1.54, 1.807) is 6.07 Å². The zero-order valence-electron chi connectivity index (χ0n) is 8.06. The maximum absolute atomic E-state index is 9.90. The standard InChI is InChI=1S/C10H12Br2N2O/c11-6-3-7(12)10(9(15)4-6)8-5-13-1-2-14-8/h3-4,8,13-15H,1-2,5H2/t8-/m0/s1. The first-order valence-corrected chi connectivity index (χ1v) is 6.39. The Kier molecular flexibility index (Phi) is 3.66. The van der Waals surface area contributed by atoms with Crippen LogP contribution in [0.1, 0.15) is 11.6 Å². The molecule has 1 aliphatic heterocycles. The molecule has 1 aliphatic rings. The zero-order valence-corrected chi connectivity index (χ0v) is 11.2. The molecule has 1 aromatic carbocycles. The average Bonchev–Trinajstić information content (AvgIpc) is 2.17. The third-order valence-electron chi connectivity index (χ3n) is 2.46. The Balaban J connectivity index is 2.33. The number of piperazine rings is 1. The zero-order chi connectivity index (χ0) is 10.8. The van der Waals surface area contributed by atoms with Gasteiger partial charge < -0.3 is 15.7 Å². The van der Waals surface area contributed by atoms with Crippen LogP contribution in [0.3, 0.4) is 0 Å². The van der Waals surface area contributed by atoms with Crippen LogP contribution in [-0.2, 0) is 0 Å². The molecule has 0 saturated carbocycles. The van der Waals surface area contributed by atoms with E-state index in [1.807, 2.05) is 6.07 Å². The number of nitrogens with one attached hydrogen (secondary N) is 2. The van der Waals surface area contributed by atoms with Gasteiger partial charge in [0.1, 0.15) is 5.75 Å². The third-order valence-corrected chi connectivity index (χ3v) is 3.58. The van der Waals surface area contributed by atoms with E-state index in [0.717, 1.165) is 34.1 Å². The summed E-state index contributed by atoms with van der Waals surface area (Å²) in [5.74, 6) is 0.317. The van der Waals surface area contributed by atoms with Crippen molar-refractivity contribution in [2.24, 2.45) is 0 Å². The maximum Gasteiger partial charge on any atom is 0.122 e. The molecule has 0 aromatic heterocycles. The van der Waals surface area contributed by atoms with E-state index in [-0.39, 0.29) is 6.04 Å². The van der Waals surface area contributed by atoms with Gasteiger partial charge in [-0.3, -0.25) is 0 Å². The summed E-state index contributed by atoms with van der Waals surface area (Å²) in [7, 11) is 0. The van der Waals surface area contributed by atoms with Gasteiger partial charge in [0.25, 0.3) is 0 Å². The molecule has 3 N–H and O–H groups in total. The molecule has 0 radical (unpaired) electrons. The minimum atomic E-state index is 0.168. The summed E-state index contributed by atoms with van der Waals surface area (Å²) in [6, 6.07) is 3.84. The van der Waals surface area contributed by atoms with Gasteiger partial charge in [-0.2, -0.15) is 0 Å². The number of hydrogen-bond acceptors (Lipinski definition) is 3. The van der Waals surface area contributed by atoms with Gasteiger partial charge in [0.2, 0.25) is 0 Å². The predicted molar refractivity (Wildman–Crippen MR) is 67.1 cm³/mol. The lowest BCUT2D eigenvalue weighted by Crippen LogP contribution is -2.42. The molecule has 82 valence electrons. The molecule has 1 atom stereocenters. The fourth-order valence-corrected chi connectivity index (χ4v) is 3.25. The second-order valence-corrected chi connectivity index (χ2v) is 5.30. The van der Waals surface area contributed by atoms with Crippen LogP contribution < -0.4 is 10.6 Å². The number of benzene rings is 1. The van der Waals surface area contributed by atoms with E-state index >= 15 is 0 Å². The molecule has 0 aliphatic carbocycles. The highest BCUT2D eigenvalue weighted by molar-refractivity contribution is 9.11. The highest BCUT2D eigenvalue weighted by Crippen LogP contribution is 2.35. The van der Waals surface area contributed by atoms with E-state index in [2.05, 4.69) is 42.5 Å². The van der Waals surface area contributed by atoms with Crippen LogP contribution in [-0.4, -0.2) is 24.7 Å².